The Balaban J connectivity index is 0.982. The van der Waals surface area contributed by atoms with Gasteiger partial charge in [0.25, 0.3) is 0 Å². The van der Waals surface area contributed by atoms with E-state index in [-0.39, 0.29) is 0 Å². The molecule has 1 N–H and O–H groups in total. The van der Waals surface area contributed by atoms with E-state index in [0.29, 0.717) is 0 Å². The Labute approximate surface area is 285 Å². The minimum Gasteiger partial charge on any atom is -0.372 e. The minimum absolute atomic E-state index is 0.938. The number of hydrogen-bond acceptors (Lipinski definition) is 4. The van der Waals surface area contributed by atoms with Crippen molar-refractivity contribution in [2.45, 2.75) is 46.1 Å². The molecule has 6 heteroatoms. The van der Waals surface area contributed by atoms with Gasteiger partial charge in [0, 0.05) is 55.8 Å². The van der Waals surface area contributed by atoms with Gasteiger partial charge in [-0.3, -0.25) is 0 Å². The number of nitrogens with zero attached hydrogens (tertiary/aromatic N) is 3. The van der Waals surface area contributed by atoms with Crippen LogP contribution in [0.1, 0.15) is 56.2 Å². The molecule has 3 heterocycles. The molecule has 0 atom stereocenters. The van der Waals surface area contributed by atoms with Crippen LogP contribution in [0.2, 0.25) is 0 Å². The molecule has 0 radical (unpaired) electrons. The second-order valence-corrected chi connectivity index (χ2v) is 14.8. The molecular weight excluding hydrogens is 601 g/mol. The van der Waals surface area contributed by atoms with Crippen LogP contribution in [0, 0.1) is 0 Å². The van der Waals surface area contributed by atoms with Crippen molar-refractivity contribution in [1.29, 1.82) is 0 Å². The van der Waals surface area contributed by atoms with E-state index >= 15 is 0 Å². The number of anilines is 2. The molecule has 2 aromatic carbocycles. The highest BCUT2D eigenvalue weighted by Crippen LogP contribution is 2.24. The molecule has 240 valence electrons. The van der Waals surface area contributed by atoms with Gasteiger partial charge < -0.3 is 9.80 Å². The van der Waals surface area contributed by atoms with E-state index in [2.05, 4.69) is 131 Å². The molecule has 0 bridgehead atoms. The minimum atomic E-state index is 0.938. The van der Waals surface area contributed by atoms with Gasteiger partial charge in [0.2, 0.25) is 0 Å². The first-order chi connectivity index (χ1) is 22.6. The van der Waals surface area contributed by atoms with E-state index in [1.165, 1.54) is 91.1 Å². The predicted octanol–water partition coefficient (Wildman–Crippen LogP) is 7.48. The summed E-state index contributed by atoms with van der Waals surface area (Å²) in [6.07, 6.45) is 20.3. The fourth-order valence-corrected chi connectivity index (χ4v) is 7.91. The largest absolute Gasteiger partial charge is 0.372 e. The van der Waals surface area contributed by atoms with Gasteiger partial charge in [-0.05, 0) is 97.2 Å². The standard InChI is InChI=1S/C40H49N4S2/c1-4-37(33(2)31-35-9-13-39(14-10-35)43-22-5-6-23-43)17-20-41-21-29-45-46-30-28-42-26-18-38(19-27-42)34(3)32-36-11-15-40(16-12-36)44-24-7-8-25-44/h4,9-20,26-27,31-32H,1,5-8,21-25,28-30H2,2-3H3/q+1/p+1/b33-31+,37-17+,41-20?. The van der Waals surface area contributed by atoms with Crippen LogP contribution < -0.4 is 19.4 Å². The number of allylic oxidation sites excluding steroid dienone is 5. The van der Waals surface area contributed by atoms with Crippen LogP contribution >= 0.6 is 21.6 Å². The maximum absolute atomic E-state index is 4.03. The second-order valence-electron chi connectivity index (χ2n) is 12.1. The maximum Gasteiger partial charge on any atom is 0.169 e. The first-order valence-electron chi connectivity index (χ1n) is 16.8. The Morgan fingerprint density at radius 1 is 0.761 bits per heavy atom. The topological polar surface area (TPSA) is 24.3 Å². The Morgan fingerprint density at radius 3 is 1.87 bits per heavy atom. The monoisotopic (exact) mass is 650 g/mol. The summed E-state index contributed by atoms with van der Waals surface area (Å²) in [5.74, 6) is 2.14. The summed E-state index contributed by atoms with van der Waals surface area (Å²) in [7, 11) is 3.86. The van der Waals surface area contributed by atoms with Crippen molar-refractivity contribution in [2.75, 3.05) is 54.0 Å². The lowest BCUT2D eigenvalue weighted by atomic mass is 10.0. The third-order valence-corrected chi connectivity index (χ3v) is 11.1. The van der Waals surface area contributed by atoms with Gasteiger partial charge in [0.05, 0.1) is 11.5 Å². The van der Waals surface area contributed by atoms with E-state index in [0.717, 1.165) is 30.2 Å². The van der Waals surface area contributed by atoms with Crippen molar-refractivity contribution in [1.82, 2.24) is 0 Å². The average molecular weight is 651 g/mol. The lowest BCUT2D eigenvalue weighted by molar-refractivity contribution is -0.692. The first kappa shape index (κ1) is 33.9. The molecule has 2 fully saturated rings. The third-order valence-electron chi connectivity index (χ3n) is 8.74. The van der Waals surface area contributed by atoms with Crippen LogP contribution in [0.4, 0.5) is 11.4 Å². The summed E-state index contributed by atoms with van der Waals surface area (Å²) in [5.41, 5.74) is 10.1. The van der Waals surface area contributed by atoms with E-state index in [1.54, 1.807) is 0 Å². The molecule has 1 aromatic heterocycles. The van der Waals surface area contributed by atoms with Crippen molar-refractivity contribution in [3.05, 3.63) is 120 Å². The highest BCUT2D eigenvalue weighted by molar-refractivity contribution is 8.76. The number of rotatable bonds is 15. The maximum atomic E-state index is 4.03. The Hall–Kier alpha value is -3.48. The molecular formula is C40H50N4S2+2. The van der Waals surface area contributed by atoms with Gasteiger partial charge >= 0.3 is 0 Å². The fraction of sp³-hybridized carbons (Fsp3) is 0.350. The van der Waals surface area contributed by atoms with Crippen molar-refractivity contribution in [2.24, 2.45) is 0 Å². The van der Waals surface area contributed by atoms with E-state index in [4.69, 9.17) is 0 Å². The highest BCUT2D eigenvalue weighted by Gasteiger charge is 2.13. The number of aromatic nitrogens is 1. The van der Waals surface area contributed by atoms with Crippen LogP contribution in [0.15, 0.2) is 103 Å². The van der Waals surface area contributed by atoms with Gasteiger partial charge in [-0.15, -0.1) is 0 Å². The lowest BCUT2D eigenvalue weighted by Crippen LogP contribution is -2.69. The van der Waals surface area contributed by atoms with Crippen molar-refractivity contribution in [3.8, 4) is 0 Å². The summed E-state index contributed by atoms with van der Waals surface area (Å²) in [6, 6.07) is 22.4. The van der Waals surface area contributed by atoms with Crippen molar-refractivity contribution in [3.63, 3.8) is 0 Å². The number of hydrogen-bond donors (Lipinski definition) is 1. The fourth-order valence-electron chi connectivity index (χ4n) is 6.00. The molecule has 0 unspecified atom stereocenters. The Bertz CT molecular complexity index is 1510. The van der Waals surface area contributed by atoms with Crippen LogP contribution in [0.25, 0.3) is 17.7 Å². The molecule has 2 saturated heterocycles. The van der Waals surface area contributed by atoms with Gasteiger partial charge in [0.15, 0.2) is 31.7 Å². The normalized spacial score (nSPS) is 16.2. The smallest absolute Gasteiger partial charge is 0.169 e. The van der Waals surface area contributed by atoms with E-state index < -0.39 is 0 Å². The SMILES string of the molecule is C=CC(=C\C=[NH+]CCSSCC[n+]1ccc(/C(C)=C/c2ccc(N3CCCC3)cc2)cc1)/C(C)=C/c1ccc(N2CCCC2)cc1. The molecule has 46 heavy (non-hydrogen) atoms. The summed E-state index contributed by atoms with van der Waals surface area (Å²) in [5, 5.41) is 0. The quantitative estimate of drug-likeness (QED) is 0.0606. The van der Waals surface area contributed by atoms with E-state index in [9.17, 15) is 0 Å². The van der Waals surface area contributed by atoms with Gasteiger partial charge in [0.1, 0.15) is 0 Å². The van der Waals surface area contributed by atoms with Crippen LogP contribution in [0.5, 0.6) is 0 Å². The summed E-state index contributed by atoms with van der Waals surface area (Å²) < 4.78 is 2.28. The van der Waals surface area contributed by atoms with Crippen LogP contribution in [0.3, 0.4) is 0 Å². The second kappa shape index (κ2) is 18.0. The molecule has 0 aliphatic carbocycles. The Kier molecular flexibility index (Phi) is 13.3. The van der Waals surface area contributed by atoms with Crippen LogP contribution in [-0.2, 0) is 6.54 Å². The molecule has 0 amide bonds. The molecule has 0 spiro atoms. The summed E-state index contributed by atoms with van der Waals surface area (Å²) >= 11 is 0. The molecule has 5 rings (SSSR count). The zero-order chi connectivity index (χ0) is 32.0. The van der Waals surface area contributed by atoms with Gasteiger partial charge in [-0.2, -0.15) is 0 Å². The summed E-state index contributed by atoms with van der Waals surface area (Å²) in [4.78, 5) is 8.39. The first-order valence-corrected chi connectivity index (χ1v) is 19.3. The lowest BCUT2D eigenvalue weighted by Gasteiger charge is -2.17. The molecule has 2 aliphatic rings. The van der Waals surface area contributed by atoms with Gasteiger partial charge in [-0.25, -0.2) is 9.56 Å². The number of pyridine rings is 1. The number of aryl methyl sites for hydroxylation is 1. The highest BCUT2D eigenvalue weighted by atomic mass is 33.1. The molecule has 2 aliphatic heterocycles. The van der Waals surface area contributed by atoms with Crippen LogP contribution in [-0.4, -0.2) is 50.4 Å². The zero-order valence-electron chi connectivity index (χ0n) is 27.7. The van der Waals surface area contributed by atoms with Gasteiger partial charge in [-0.1, -0.05) is 70.7 Å². The van der Waals surface area contributed by atoms with Crippen molar-refractivity contribution >= 4 is 56.9 Å². The Morgan fingerprint density at radius 2 is 1.30 bits per heavy atom. The number of benzene rings is 2. The van der Waals surface area contributed by atoms with E-state index in [1.807, 2.05) is 33.9 Å². The van der Waals surface area contributed by atoms with Crippen molar-refractivity contribution < 1.29 is 9.56 Å². The summed E-state index contributed by atoms with van der Waals surface area (Å²) in [6.45, 7) is 15.1. The average Bonchev–Trinajstić information content (AvgIpc) is 3.83. The molecule has 4 nitrogen and oxygen atoms in total. The third kappa shape index (κ3) is 10.3. The molecule has 3 aromatic rings. The predicted molar refractivity (Wildman–Crippen MR) is 205 cm³/mol. The number of nitrogens with one attached hydrogen (secondary N) is 1. The zero-order valence-corrected chi connectivity index (χ0v) is 29.3. The molecule has 0 saturated carbocycles.